The fourth-order valence-electron chi connectivity index (χ4n) is 2.03. The molecule has 0 aliphatic rings. The molecular weight excluding hydrogens is 306 g/mol. The van der Waals surface area contributed by atoms with Gasteiger partial charge in [0.05, 0.1) is 17.7 Å². The Morgan fingerprint density at radius 3 is 2.79 bits per heavy atom. The summed E-state index contributed by atoms with van der Waals surface area (Å²) in [5.74, 6) is 0.790. The van der Waals surface area contributed by atoms with Gasteiger partial charge in [0, 0.05) is 18.8 Å². The van der Waals surface area contributed by atoms with Gasteiger partial charge in [-0.2, -0.15) is 0 Å². The van der Waals surface area contributed by atoms with Crippen LogP contribution in [-0.4, -0.2) is 17.2 Å². The van der Waals surface area contributed by atoms with Crippen molar-refractivity contribution < 1.29 is 9.84 Å². The Morgan fingerprint density at radius 2 is 2.16 bits per heavy atom. The Kier molecular flexibility index (Phi) is 4.56. The summed E-state index contributed by atoms with van der Waals surface area (Å²) >= 11 is 3.45. The predicted molar refractivity (Wildman–Crippen MR) is 78.3 cm³/mol. The van der Waals surface area contributed by atoms with Crippen molar-refractivity contribution in [3.05, 3.63) is 57.8 Å². The lowest BCUT2D eigenvalue weighted by molar-refractivity contribution is 0.177. The molecule has 0 saturated carbocycles. The second kappa shape index (κ2) is 6.17. The SMILES string of the molecule is COc1ccc(CC(O)c2ccncc2C)cc1Br. The fraction of sp³-hybridized carbons (Fsp3) is 0.267. The van der Waals surface area contributed by atoms with E-state index in [1.165, 1.54) is 0 Å². The molecule has 100 valence electrons. The number of pyridine rings is 1. The molecule has 4 heteroatoms. The second-order valence-electron chi connectivity index (χ2n) is 4.42. The molecule has 0 spiro atoms. The highest BCUT2D eigenvalue weighted by atomic mass is 79.9. The van der Waals surface area contributed by atoms with Crippen molar-refractivity contribution >= 4 is 15.9 Å². The summed E-state index contributed by atoms with van der Waals surface area (Å²) in [7, 11) is 1.63. The fourth-order valence-corrected chi connectivity index (χ4v) is 2.62. The third kappa shape index (κ3) is 3.33. The van der Waals surface area contributed by atoms with Gasteiger partial charge in [-0.05, 0) is 57.7 Å². The van der Waals surface area contributed by atoms with Crippen LogP contribution in [0.25, 0.3) is 0 Å². The summed E-state index contributed by atoms with van der Waals surface area (Å²) in [6.07, 6.45) is 3.51. The van der Waals surface area contributed by atoms with Crippen LogP contribution in [0.15, 0.2) is 41.1 Å². The number of hydrogen-bond donors (Lipinski definition) is 1. The standard InChI is InChI=1S/C15H16BrNO2/c1-10-9-17-6-5-12(10)14(18)8-11-3-4-15(19-2)13(16)7-11/h3-7,9,14,18H,8H2,1-2H3. The normalized spacial score (nSPS) is 12.2. The van der Waals surface area contributed by atoms with Crippen LogP contribution in [0.1, 0.15) is 22.8 Å². The third-order valence-electron chi connectivity index (χ3n) is 3.07. The van der Waals surface area contributed by atoms with Gasteiger partial charge in [0.15, 0.2) is 0 Å². The zero-order valence-electron chi connectivity index (χ0n) is 10.9. The number of benzene rings is 1. The molecule has 1 atom stereocenters. The van der Waals surface area contributed by atoms with E-state index < -0.39 is 6.10 Å². The number of halogens is 1. The summed E-state index contributed by atoms with van der Waals surface area (Å²) in [6, 6.07) is 7.69. The van der Waals surface area contributed by atoms with Gasteiger partial charge in [0.1, 0.15) is 5.75 Å². The lowest BCUT2D eigenvalue weighted by atomic mass is 9.99. The average molecular weight is 322 g/mol. The van der Waals surface area contributed by atoms with E-state index in [2.05, 4.69) is 20.9 Å². The number of ether oxygens (including phenoxy) is 1. The molecule has 1 unspecified atom stereocenters. The Bertz CT molecular complexity index is 572. The Hall–Kier alpha value is -1.39. The van der Waals surface area contributed by atoms with Crippen LogP contribution in [0.4, 0.5) is 0 Å². The van der Waals surface area contributed by atoms with Crippen LogP contribution >= 0.6 is 15.9 Å². The first-order valence-electron chi connectivity index (χ1n) is 6.03. The molecule has 0 fully saturated rings. The average Bonchev–Trinajstić information content (AvgIpc) is 2.39. The molecule has 1 N–H and O–H groups in total. The van der Waals surface area contributed by atoms with Crippen LogP contribution in [-0.2, 0) is 6.42 Å². The van der Waals surface area contributed by atoms with Crippen molar-refractivity contribution in [1.82, 2.24) is 4.98 Å². The van der Waals surface area contributed by atoms with E-state index in [9.17, 15) is 5.11 Å². The zero-order valence-corrected chi connectivity index (χ0v) is 12.5. The van der Waals surface area contributed by atoms with E-state index in [0.29, 0.717) is 6.42 Å². The van der Waals surface area contributed by atoms with Crippen LogP contribution in [0, 0.1) is 6.92 Å². The summed E-state index contributed by atoms with van der Waals surface area (Å²) in [6.45, 7) is 1.95. The predicted octanol–water partition coefficient (Wildman–Crippen LogP) is 3.44. The minimum atomic E-state index is -0.525. The van der Waals surface area contributed by atoms with E-state index in [4.69, 9.17) is 4.74 Å². The molecule has 0 saturated heterocycles. The molecule has 1 heterocycles. The number of aryl methyl sites for hydroxylation is 1. The molecule has 1 aromatic carbocycles. The van der Waals surface area contributed by atoms with Crippen LogP contribution in [0.3, 0.4) is 0 Å². The lowest BCUT2D eigenvalue weighted by Gasteiger charge is -2.14. The number of hydrogen-bond acceptors (Lipinski definition) is 3. The quantitative estimate of drug-likeness (QED) is 0.938. The van der Waals surface area contributed by atoms with Crippen molar-refractivity contribution in [3.63, 3.8) is 0 Å². The smallest absolute Gasteiger partial charge is 0.133 e. The third-order valence-corrected chi connectivity index (χ3v) is 3.69. The van der Waals surface area contributed by atoms with Gasteiger partial charge in [0.2, 0.25) is 0 Å². The highest BCUT2D eigenvalue weighted by Gasteiger charge is 2.12. The van der Waals surface area contributed by atoms with E-state index in [1.807, 2.05) is 31.2 Å². The van der Waals surface area contributed by atoms with Gasteiger partial charge in [-0.25, -0.2) is 0 Å². The number of aliphatic hydroxyl groups excluding tert-OH is 1. The molecule has 2 aromatic rings. The van der Waals surface area contributed by atoms with E-state index in [1.54, 1.807) is 19.5 Å². The van der Waals surface area contributed by atoms with E-state index in [0.717, 1.165) is 26.9 Å². The number of methoxy groups -OCH3 is 1. The van der Waals surface area contributed by atoms with Crippen LogP contribution < -0.4 is 4.74 Å². The maximum absolute atomic E-state index is 10.3. The van der Waals surface area contributed by atoms with Crippen LogP contribution in [0.5, 0.6) is 5.75 Å². The molecule has 2 rings (SSSR count). The molecule has 3 nitrogen and oxygen atoms in total. The second-order valence-corrected chi connectivity index (χ2v) is 5.28. The molecule has 0 amide bonds. The lowest BCUT2D eigenvalue weighted by Crippen LogP contribution is -2.04. The van der Waals surface area contributed by atoms with Crippen molar-refractivity contribution in [2.45, 2.75) is 19.4 Å². The number of aromatic nitrogens is 1. The van der Waals surface area contributed by atoms with Gasteiger partial charge >= 0.3 is 0 Å². The van der Waals surface area contributed by atoms with Gasteiger partial charge in [-0.15, -0.1) is 0 Å². The largest absolute Gasteiger partial charge is 0.496 e. The Labute approximate surface area is 121 Å². The van der Waals surface area contributed by atoms with Crippen LogP contribution in [0.2, 0.25) is 0 Å². The molecule has 0 bridgehead atoms. The van der Waals surface area contributed by atoms with E-state index in [-0.39, 0.29) is 0 Å². The van der Waals surface area contributed by atoms with Crippen molar-refractivity contribution in [3.8, 4) is 5.75 Å². The Morgan fingerprint density at radius 1 is 1.37 bits per heavy atom. The summed E-state index contributed by atoms with van der Waals surface area (Å²) in [5.41, 5.74) is 2.97. The molecular formula is C15H16BrNO2. The van der Waals surface area contributed by atoms with Gasteiger partial charge in [-0.1, -0.05) is 6.07 Å². The molecule has 19 heavy (non-hydrogen) atoms. The molecule has 0 radical (unpaired) electrons. The minimum absolute atomic E-state index is 0.525. The highest BCUT2D eigenvalue weighted by molar-refractivity contribution is 9.10. The molecule has 0 aliphatic heterocycles. The first-order chi connectivity index (χ1) is 9.11. The van der Waals surface area contributed by atoms with E-state index >= 15 is 0 Å². The number of aliphatic hydroxyl groups is 1. The summed E-state index contributed by atoms with van der Waals surface area (Å²) in [5, 5.41) is 10.3. The highest BCUT2D eigenvalue weighted by Crippen LogP contribution is 2.28. The van der Waals surface area contributed by atoms with Crippen molar-refractivity contribution in [1.29, 1.82) is 0 Å². The van der Waals surface area contributed by atoms with Gasteiger partial charge < -0.3 is 9.84 Å². The maximum atomic E-state index is 10.3. The number of rotatable bonds is 4. The van der Waals surface area contributed by atoms with Gasteiger partial charge in [0.25, 0.3) is 0 Å². The topological polar surface area (TPSA) is 42.4 Å². The first kappa shape index (κ1) is 14.0. The summed E-state index contributed by atoms with van der Waals surface area (Å²) < 4.78 is 6.09. The number of nitrogens with zero attached hydrogens (tertiary/aromatic N) is 1. The monoisotopic (exact) mass is 321 g/mol. The molecule has 0 aliphatic carbocycles. The Balaban J connectivity index is 2.17. The first-order valence-corrected chi connectivity index (χ1v) is 6.82. The minimum Gasteiger partial charge on any atom is -0.496 e. The zero-order chi connectivity index (χ0) is 13.8. The summed E-state index contributed by atoms with van der Waals surface area (Å²) in [4.78, 5) is 4.04. The molecule has 1 aromatic heterocycles. The van der Waals surface area contributed by atoms with Crippen molar-refractivity contribution in [2.24, 2.45) is 0 Å². The van der Waals surface area contributed by atoms with Crippen molar-refractivity contribution in [2.75, 3.05) is 7.11 Å². The maximum Gasteiger partial charge on any atom is 0.133 e. The van der Waals surface area contributed by atoms with Gasteiger partial charge in [-0.3, -0.25) is 4.98 Å².